The maximum Gasteiger partial charge on any atom is 0.119 e. The molecule has 2 rings (SSSR count). The van der Waals surface area contributed by atoms with Crippen molar-refractivity contribution in [2.75, 3.05) is 0 Å². The van der Waals surface area contributed by atoms with Crippen LogP contribution in [0.3, 0.4) is 0 Å². The number of aliphatic hydroxyl groups is 1. The lowest BCUT2D eigenvalue weighted by Gasteiger charge is -2.10. The summed E-state index contributed by atoms with van der Waals surface area (Å²) in [5.74, 6) is 0.233. The van der Waals surface area contributed by atoms with E-state index in [4.69, 9.17) is 0 Å². The van der Waals surface area contributed by atoms with Crippen molar-refractivity contribution >= 4 is 0 Å². The van der Waals surface area contributed by atoms with Gasteiger partial charge in [0, 0.05) is 6.20 Å². The van der Waals surface area contributed by atoms with Crippen molar-refractivity contribution in [2.24, 2.45) is 0 Å². The predicted octanol–water partition coefficient (Wildman–Crippen LogP) is 2.16. The number of nitrogens with zero attached hydrogens (tertiary/aromatic N) is 1. The first-order chi connectivity index (χ1) is 8.66. The maximum atomic E-state index is 9.94. The molecule has 1 aromatic carbocycles. The second-order valence-electron chi connectivity index (χ2n) is 4.12. The van der Waals surface area contributed by atoms with Crippen LogP contribution >= 0.6 is 0 Å². The van der Waals surface area contributed by atoms with Gasteiger partial charge in [0.2, 0.25) is 0 Å². The highest BCUT2D eigenvalue weighted by atomic mass is 16.3. The second kappa shape index (κ2) is 5.51. The summed E-state index contributed by atoms with van der Waals surface area (Å²) in [5.41, 5.74) is 1.22. The van der Waals surface area contributed by atoms with Crippen molar-refractivity contribution < 1.29 is 15.3 Å². The van der Waals surface area contributed by atoms with Gasteiger partial charge in [-0.05, 0) is 48.7 Å². The number of phenolic OH excluding ortho intramolecular Hbond substituents is 2. The van der Waals surface area contributed by atoms with Gasteiger partial charge in [-0.1, -0.05) is 6.07 Å². The zero-order valence-electron chi connectivity index (χ0n) is 9.82. The van der Waals surface area contributed by atoms with Crippen LogP contribution < -0.4 is 0 Å². The van der Waals surface area contributed by atoms with Crippen molar-refractivity contribution in [3.63, 3.8) is 0 Å². The molecule has 18 heavy (non-hydrogen) atoms. The number of aliphatic hydroxyl groups excluding tert-OH is 1. The van der Waals surface area contributed by atoms with Crippen LogP contribution in [-0.4, -0.2) is 20.3 Å². The highest BCUT2D eigenvalue weighted by Gasteiger charge is 2.10. The Kier molecular flexibility index (Phi) is 3.79. The fraction of sp³-hybridized carbons (Fsp3) is 0.214. The lowest BCUT2D eigenvalue weighted by atomic mass is 10.0. The fourth-order valence-corrected chi connectivity index (χ4v) is 1.79. The van der Waals surface area contributed by atoms with Gasteiger partial charge in [0.1, 0.15) is 11.5 Å². The SMILES string of the molecule is Oc1ccc(O)c(CC[C@H](O)c2ccccn2)c1. The molecular formula is C14H15NO3. The number of aromatic nitrogens is 1. The van der Waals surface area contributed by atoms with E-state index in [1.165, 1.54) is 18.2 Å². The lowest BCUT2D eigenvalue weighted by molar-refractivity contribution is 0.163. The van der Waals surface area contributed by atoms with Gasteiger partial charge in [-0.3, -0.25) is 4.98 Å². The number of aryl methyl sites for hydroxylation is 1. The predicted molar refractivity (Wildman–Crippen MR) is 67.3 cm³/mol. The van der Waals surface area contributed by atoms with Crippen molar-refractivity contribution in [2.45, 2.75) is 18.9 Å². The summed E-state index contributed by atoms with van der Waals surface area (Å²) in [7, 11) is 0. The van der Waals surface area contributed by atoms with Gasteiger partial charge in [0.05, 0.1) is 11.8 Å². The molecule has 0 saturated heterocycles. The largest absolute Gasteiger partial charge is 0.508 e. The molecule has 0 aliphatic carbocycles. The summed E-state index contributed by atoms with van der Waals surface area (Å²) >= 11 is 0. The van der Waals surface area contributed by atoms with Gasteiger partial charge in [-0.25, -0.2) is 0 Å². The van der Waals surface area contributed by atoms with Crippen molar-refractivity contribution in [3.05, 3.63) is 53.9 Å². The quantitative estimate of drug-likeness (QED) is 0.722. The summed E-state index contributed by atoms with van der Waals surface area (Å²) in [6.07, 6.45) is 1.86. The monoisotopic (exact) mass is 245 g/mol. The Bertz CT molecular complexity index is 514. The number of pyridine rings is 1. The molecule has 0 saturated carbocycles. The lowest BCUT2D eigenvalue weighted by Crippen LogP contribution is -2.01. The number of rotatable bonds is 4. The van der Waals surface area contributed by atoms with Crippen molar-refractivity contribution in [3.8, 4) is 11.5 Å². The highest BCUT2D eigenvalue weighted by Crippen LogP contribution is 2.25. The van der Waals surface area contributed by atoms with Crippen LogP contribution in [0.4, 0.5) is 0 Å². The molecule has 1 atom stereocenters. The topological polar surface area (TPSA) is 73.6 Å². The minimum absolute atomic E-state index is 0.107. The maximum absolute atomic E-state index is 9.94. The van der Waals surface area contributed by atoms with Gasteiger partial charge in [0.15, 0.2) is 0 Å². The third kappa shape index (κ3) is 2.99. The highest BCUT2D eigenvalue weighted by molar-refractivity contribution is 5.38. The van der Waals surface area contributed by atoms with Crippen LogP contribution in [-0.2, 0) is 6.42 Å². The molecule has 3 N–H and O–H groups in total. The first-order valence-electron chi connectivity index (χ1n) is 5.76. The van der Waals surface area contributed by atoms with Crippen LogP contribution in [0.1, 0.15) is 23.8 Å². The van der Waals surface area contributed by atoms with Gasteiger partial charge >= 0.3 is 0 Å². The van der Waals surface area contributed by atoms with Crippen LogP contribution in [0.5, 0.6) is 11.5 Å². The Labute approximate surface area is 105 Å². The first-order valence-corrected chi connectivity index (χ1v) is 5.76. The van der Waals surface area contributed by atoms with E-state index in [9.17, 15) is 15.3 Å². The molecule has 0 radical (unpaired) electrons. The van der Waals surface area contributed by atoms with E-state index in [0.717, 1.165) is 0 Å². The average Bonchev–Trinajstić information content (AvgIpc) is 2.40. The number of hydrogen-bond acceptors (Lipinski definition) is 4. The third-order valence-corrected chi connectivity index (χ3v) is 2.78. The standard InChI is InChI=1S/C14H15NO3/c16-11-5-7-13(17)10(9-11)4-6-14(18)12-3-1-2-8-15-12/h1-3,5,7-9,14,16-18H,4,6H2/t14-/m0/s1. The van der Waals surface area contributed by atoms with E-state index in [1.807, 2.05) is 6.07 Å². The molecule has 0 spiro atoms. The van der Waals surface area contributed by atoms with Gasteiger partial charge in [-0.2, -0.15) is 0 Å². The van der Waals surface area contributed by atoms with E-state index in [0.29, 0.717) is 24.1 Å². The van der Waals surface area contributed by atoms with Crippen LogP contribution in [0.2, 0.25) is 0 Å². The molecule has 0 aliphatic heterocycles. The molecule has 0 unspecified atom stereocenters. The fourth-order valence-electron chi connectivity index (χ4n) is 1.79. The molecule has 94 valence electrons. The van der Waals surface area contributed by atoms with Crippen molar-refractivity contribution in [1.29, 1.82) is 0 Å². The first kappa shape index (κ1) is 12.4. The Hall–Kier alpha value is -2.07. The Morgan fingerprint density at radius 1 is 1.11 bits per heavy atom. The summed E-state index contributed by atoms with van der Waals surface area (Å²) < 4.78 is 0. The molecule has 0 amide bonds. The minimum Gasteiger partial charge on any atom is -0.508 e. The van der Waals surface area contributed by atoms with E-state index in [-0.39, 0.29) is 11.5 Å². The van der Waals surface area contributed by atoms with Crippen LogP contribution in [0.15, 0.2) is 42.6 Å². The van der Waals surface area contributed by atoms with Crippen molar-refractivity contribution in [1.82, 2.24) is 4.98 Å². The van der Waals surface area contributed by atoms with Crippen LogP contribution in [0.25, 0.3) is 0 Å². The second-order valence-corrected chi connectivity index (χ2v) is 4.12. The molecule has 4 nitrogen and oxygen atoms in total. The summed E-state index contributed by atoms with van der Waals surface area (Å²) in [4.78, 5) is 4.07. The minimum atomic E-state index is -0.673. The van der Waals surface area contributed by atoms with Crippen LogP contribution in [0, 0.1) is 0 Å². The molecule has 1 heterocycles. The zero-order valence-corrected chi connectivity index (χ0v) is 9.82. The zero-order chi connectivity index (χ0) is 13.0. The van der Waals surface area contributed by atoms with Gasteiger partial charge in [-0.15, -0.1) is 0 Å². The Morgan fingerprint density at radius 2 is 1.94 bits per heavy atom. The molecule has 1 aromatic heterocycles. The Balaban J connectivity index is 2.01. The number of phenols is 2. The van der Waals surface area contributed by atoms with E-state index in [2.05, 4.69) is 4.98 Å². The van der Waals surface area contributed by atoms with E-state index >= 15 is 0 Å². The third-order valence-electron chi connectivity index (χ3n) is 2.78. The number of aromatic hydroxyl groups is 2. The summed E-state index contributed by atoms with van der Waals surface area (Å²) in [6.45, 7) is 0. The molecule has 4 heteroatoms. The average molecular weight is 245 g/mol. The summed E-state index contributed by atoms with van der Waals surface area (Å²) in [6, 6.07) is 9.73. The Morgan fingerprint density at radius 3 is 2.67 bits per heavy atom. The van der Waals surface area contributed by atoms with E-state index < -0.39 is 6.10 Å². The molecule has 0 fully saturated rings. The molecule has 2 aromatic rings. The normalized spacial score (nSPS) is 12.3. The smallest absolute Gasteiger partial charge is 0.119 e. The summed E-state index contributed by atoms with van der Waals surface area (Å²) in [5, 5.41) is 28.9. The molecule has 0 bridgehead atoms. The molecule has 0 aliphatic rings. The van der Waals surface area contributed by atoms with Gasteiger partial charge in [0.25, 0.3) is 0 Å². The van der Waals surface area contributed by atoms with E-state index in [1.54, 1.807) is 18.3 Å². The number of benzene rings is 1. The van der Waals surface area contributed by atoms with Gasteiger partial charge < -0.3 is 15.3 Å². The number of hydrogen-bond donors (Lipinski definition) is 3. The molecular weight excluding hydrogens is 230 g/mol.